The summed E-state index contributed by atoms with van der Waals surface area (Å²) in [6.45, 7) is 5.50. The number of hydrogen-bond donors (Lipinski definition) is 1. The highest BCUT2D eigenvalue weighted by molar-refractivity contribution is 6.26. The Labute approximate surface area is 233 Å². The Morgan fingerprint density at radius 1 is 0.875 bits per heavy atom. The molecule has 1 heterocycles. The third-order valence-corrected chi connectivity index (χ3v) is 6.98. The number of nitrogens with zero attached hydrogens (tertiary/aromatic N) is 2. The van der Waals surface area contributed by atoms with Crippen molar-refractivity contribution in [1.29, 1.82) is 0 Å². The summed E-state index contributed by atoms with van der Waals surface area (Å²) in [7, 11) is 0. The maximum absolute atomic E-state index is 14.2. The molecule has 204 valence electrons. The van der Waals surface area contributed by atoms with Gasteiger partial charge >= 0.3 is 0 Å². The molecule has 1 aliphatic rings. The van der Waals surface area contributed by atoms with E-state index in [1.54, 1.807) is 18.2 Å². The molecule has 4 aromatic rings. The molecule has 5 rings (SSSR count). The van der Waals surface area contributed by atoms with Gasteiger partial charge in [0.15, 0.2) is 0 Å². The van der Waals surface area contributed by atoms with Crippen molar-refractivity contribution in [2.75, 3.05) is 11.4 Å². The number of anilines is 1. The van der Waals surface area contributed by atoms with Crippen LogP contribution in [0.25, 0.3) is 10.8 Å². The normalized spacial score (nSPS) is 13.4. The average Bonchev–Trinajstić information content (AvgIpc) is 3.19. The predicted octanol–water partition coefficient (Wildman–Crippen LogP) is 5.49. The molecule has 3 amide bonds. The molecule has 0 radical (unpaired) electrons. The molecule has 0 unspecified atom stereocenters. The number of rotatable bonds is 8. The van der Waals surface area contributed by atoms with E-state index in [2.05, 4.69) is 5.32 Å². The fourth-order valence-electron chi connectivity index (χ4n) is 5.16. The van der Waals surface area contributed by atoms with Crippen LogP contribution in [0.5, 0.6) is 0 Å². The number of carbonyl (C=O) groups excluding carboxylic acids is 3. The van der Waals surface area contributed by atoms with E-state index in [0.717, 1.165) is 16.3 Å². The van der Waals surface area contributed by atoms with E-state index in [-0.39, 0.29) is 43.0 Å². The van der Waals surface area contributed by atoms with Crippen LogP contribution in [0, 0.1) is 5.82 Å². The molecule has 7 heteroatoms. The smallest absolute Gasteiger partial charge is 0.259 e. The molecule has 0 saturated carbocycles. The zero-order chi connectivity index (χ0) is 28.4. The highest BCUT2D eigenvalue weighted by atomic mass is 19.1. The second kappa shape index (κ2) is 10.9. The second-order valence-electron chi connectivity index (χ2n) is 11.2. The first-order valence-electron chi connectivity index (χ1n) is 13.3. The van der Waals surface area contributed by atoms with Crippen LogP contribution in [0.1, 0.15) is 42.3 Å². The number of hydrogen-bond acceptors (Lipinski definition) is 3. The number of nitrogens with one attached hydrogen (secondary N) is 1. The average molecular weight is 538 g/mol. The van der Waals surface area contributed by atoms with Crippen molar-refractivity contribution in [3.05, 3.63) is 114 Å². The summed E-state index contributed by atoms with van der Waals surface area (Å²) in [6, 6.07) is 25.7. The molecule has 1 aliphatic heterocycles. The van der Waals surface area contributed by atoms with Crippen LogP contribution in [-0.4, -0.2) is 40.7 Å². The van der Waals surface area contributed by atoms with Crippen molar-refractivity contribution >= 4 is 34.2 Å². The summed E-state index contributed by atoms with van der Waals surface area (Å²) in [5.41, 5.74) is 2.26. The lowest BCUT2D eigenvalue weighted by atomic mass is 10.0. The van der Waals surface area contributed by atoms with E-state index in [1.165, 1.54) is 21.9 Å². The van der Waals surface area contributed by atoms with E-state index in [0.29, 0.717) is 16.8 Å². The molecular formula is C33H32FN3O3. The van der Waals surface area contributed by atoms with Gasteiger partial charge in [0.1, 0.15) is 18.4 Å². The van der Waals surface area contributed by atoms with Gasteiger partial charge in [0.25, 0.3) is 5.91 Å². The zero-order valence-electron chi connectivity index (χ0n) is 22.9. The van der Waals surface area contributed by atoms with Crippen LogP contribution in [0.3, 0.4) is 0 Å². The summed E-state index contributed by atoms with van der Waals surface area (Å²) in [6.07, 6.45) is 0.277. The predicted molar refractivity (Wildman–Crippen MR) is 154 cm³/mol. The topological polar surface area (TPSA) is 69.7 Å². The molecule has 40 heavy (non-hydrogen) atoms. The lowest BCUT2D eigenvalue weighted by molar-refractivity contribution is -0.140. The fourth-order valence-corrected chi connectivity index (χ4v) is 5.16. The quantitative estimate of drug-likeness (QED) is 0.323. The van der Waals surface area contributed by atoms with Crippen molar-refractivity contribution in [3.63, 3.8) is 0 Å². The van der Waals surface area contributed by atoms with Crippen LogP contribution < -0.4 is 10.2 Å². The van der Waals surface area contributed by atoms with Crippen molar-refractivity contribution in [3.8, 4) is 0 Å². The molecular weight excluding hydrogens is 505 g/mol. The standard InChI is InChI=1S/C33H32FN3O3/c1-33(2,3)35-31(39)28(19-22-9-5-4-6-10-22)36(20-23-15-17-25(34)18-16-23)29(38)21-37-27-14-8-12-24-11-7-13-26(30(24)27)32(37)40/h4-18,28H,19-21H2,1-3H3,(H,35,39)/t28-/m1/s1. The van der Waals surface area contributed by atoms with Gasteiger partial charge in [0, 0.05) is 29.5 Å². The van der Waals surface area contributed by atoms with Crippen molar-refractivity contribution in [1.82, 2.24) is 10.2 Å². The van der Waals surface area contributed by atoms with E-state index in [9.17, 15) is 18.8 Å². The minimum atomic E-state index is -0.866. The van der Waals surface area contributed by atoms with Crippen LogP contribution in [0.2, 0.25) is 0 Å². The van der Waals surface area contributed by atoms with E-state index in [4.69, 9.17) is 0 Å². The summed E-state index contributed by atoms with van der Waals surface area (Å²) >= 11 is 0. The summed E-state index contributed by atoms with van der Waals surface area (Å²) in [5.74, 6) is -1.32. The molecule has 0 aromatic heterocycles. The van der Waals surface area contributed by atoms with Crippen molar-refractivity contribution in [2.45, 2.75) is 45.3 Å². The van der Waals surface area contributed by atoms with Gasteiger partial charge in [-0.05, 0) is 61.5 Å². The van der Waals surface area contributed by atoms with Gasteiger partial charge in [-0.2, -0.15) is 0 Å². The van der Waals surface area contributed by atoms with Gasteiger partial charge < -0.3 is 10.2 Å². The maximum Gasteiger partial charge on any atom is 0.259 e. The van der Waals surface area contributed by atoms with Gasteiger partial charge in [-0.3, -0.25) is 19.3 Å². The van der Waals surface area contributed by atoms with Gasteiger partial charge in [0.05, 0.1) is 5.69 Å². The number of carbonyl (C=O) groups is 3. The molecule has 0 spiro atoms. The summed E-state index contributed by atoms with van der Waals surface area (Å²) in [5, 5.41) is 4.77. The Morgan fingerprint density at radius 3 is 2.23 bits per heavy atom. The SMILES string of the molecule is CC(C)(C)NC(=O)[C@@H](Cc1ccccc1)N(Cc1ccc(F)cc1)C(=O)CN1C(=O)c2cccc3cccc1c23. The van der Waals surface area contributed by atoms with Gasteiger partial charge in [-0.15, -0.1) is 0 Å². The molecule has 6 nitrogen and oxygen atoms in total. The maximum atomic E-state index is 14.2. The van der Waals surface area contributed by atoms with Crippen molar-refractivity contribution < 1.29 is 18.8 Å². The van der Waals surface area contributed by atoms with Crippen LogP contribution in [0.4, 0.5) is 10.1 Å². The van der Waals surface area contributed by atoms with Gasteiger partial charge in [-0.1, -0.05) is 66.7 Å². The summed E-state index contributed by atoms with van der Waals surface area (Å²) in [4.78, 5) is 44.4. The number of benzene rings is 4. The fraction of sp³-hybridized carbons (Fsp3) is 0.242. The van der Waals surface area contributed by atoms with E-state index in [1.807, 2.05) is 81.4 Å². The third-order valence-electron chi connectivity index (χ3n) is 6.98. The first-order chi connectivity index (χ1) is 19.1. The largest absolute Gasteiger partial charge is 0.350 e. The third kappa shape index (κ3) is 5.73. The molecule has 0 aliphatic carbocycles. The molecule has 0 fully saturated rings. The molecule has 1 N–H and O–H groups in total. The van der Waals surface area contributed by atoms with Gasteiger partial charge in [0.2, 0.25) is 11.8 Å². The lowest BCUT2D eigenvalue weighted by Gasteiger charge is -2.34. The number of halogens is 1. The van der Waals surface area contributed by atoms with E-state index < -0.39 is 11.6 Å². The van der Waals surface area contributed by atoms with Crippen LogP contribution in [0.15, 0.2) is 91.0 Å². The van der Waals surface area contributed by atoms with Crippen LogP contribution >= 0.6 is 0 Å². The minimum absolute atomic E-state index is 0.0767. The first-order valence-corrected chi connectivity index (χ1v) is 13.3. The Hall–Kier alpha value is -4.52. The Kier molecular flexibility index (Phi) is 7.39. The van der Waals surface area contributed by atoms with Crippen molar-refractivity contribution in [2.24, 2.45) is 0 Å². The first kappa shape index (κ1) is 27.1. The molecule has 1 atom stereocenters. The highest BCUT2D eigenvalue weighted by Gasteiger charge is 2.36. The Bertz CT molecular complexity index is 1560. The second-order valence-corrected chi connectivity index (χ2v) is 11.2. The minimum Gasteiger partial charge on any atom is -0.350 e. The highest BCUT2D eigenvalue weighted by Crippen LogP contribution is 2.37. The molecule has 0 saturated heterocycles. The zero-order valence-corrected chi connectivity index (χ0v) is 22.9. The lowest BCUT2D eigenvalue weighted by Crippen LogP contribution is -2.56. The van der Waals surface area contributed by atoms with E-state index >= 15 is 0 Å². The van der Waals surface area contributed by atoms with Gasteiger partial charge in [-0.25, -0.2) is 4.39 Å². The Balaban J connectivity index is 1.52. The number of amides is 3. The molecule has 0 bridgehead atoms. The molecule has 4 aromatic carbocycles. The summed E-state index contributed by atoms with van der Waals surface area (Å²) < 4.78 is 13.7. The monoisotopic (exact) mass is 537 g/mol. The van der Waals surface area contributed by atoms with Crippen LogP contribution in [-0.2, 0) is 22.6 Å². The Morgan fingerprint density at radius 2 is 1.55 bits per heavy atom.